The minimum atomic E-state index is -0.429. The van der Waals surface area contributed by atoms with Crippen molar-refractivity contribution in [2.75, 3.05) is 0 Å². The summed E-state index contributed by atoms with van der Waals surface area (Å²) >= 11 is 0. The van der Waals surface area contributed by atoms with Gasteiger partial charge in [0.1, 0.15) is 12.1 Å². The fourth-order valence-corrected chi connectivity index (χ4v) is 2.60. The van der Waals surface area contributed by atoms with Gasteiger partial charge in [0.15, 0.2) is 0 Å². The molecule has 4 heteroatoms. The molecule has 1 fully saturated rings. The first-order chi connectivity index (χ1) is 8.97. The van der Waals surface area contributed by atoms with Crippen LogP contribution in [0, 0.1) is 18.3 Å². The van der Waals surface area contributed by atoms with Crippen LogP contribution in [0.25, 0.3) is 0 Å². The molecule has 19 heavy (non-hydrogen) atoms. The maximum atomic E-state index is 12.6. The van der Waals surface area contributed by atoms with Gasteiger partial charge in [-0.25, -0.2) is 0 Å². The fourth-order valence-electron chi connectivity index (χ4n) is 2.60. The largest absolute Gasteiger partial charge is 0.342 e. The van der Waals surface area contributed by atoms with Crippen LogP contribution in [0.4, 0.5) is 0 Å². The smallest absolute Gasteiger partial charge is 0.246 e. The van der Waals surface area contributed by atoms with Crippen molar-refractivity contribution in [2.24, 2.45) is 5.92 Å². The number of nitrogens with zero attached hydrogens (tertiary/aromatic N) is 1. The van der Waals surface area contributed by atoms with Crippen LogP contribution < -0.4 is 5.32 Å². The van der Waals surface area contributed by atoms with Crippen LogP contribution in [0.15, 0.2) is 0 Å². The Morgan fingerprint density at radius 1 is 1.37 bits per heavy atom. The molecule has 1 heterocycles. The summed E-state index contributed by atoms with van der Waals surface area (Å²) in [6.45, 7) is 7.80. The topological polar surface area (TPSA) is 49.4 Å². The van der Waals surface area contributed by atoms with Crippen LogP contribution in [-0.2, 0) is 9.59 Å². The Kier molecular flexibility index (Phi) is 5.41. The van der Waals surface area contributed by atoms with Crippen molar-refractivity contribution in [3.8, 4) is 12.3 Å². The van der Waals surface area contributed by atoms with Gasteiger partial charge in [-0.15, -0.1) is 12.3 Å². The van der Waals surface area contributed by atoms with Crippen molar-refractivity contribution in [1.29, 1.82) is 0 Å². The number of hydrogen-bond acceptors (Lipinski definition) is 2. The minimum Gasteiger partial charge on any atom is -0.342 e. The van der Waals surface area contributed by atoms with E-state index in [1.807, 2.05) is 27.7 Å². The summed E-state index contributed by atoms with van der Waals surface area (Å²) in [5.74, 6) is 2.64. The Bertz CT molecular complexity index is 384. The maximum absolute atomic E-state index is 12.6. The average molecular weight is 264 g/mol. The van der Waals surface area contributed by atoms with Gasteiger partial charge in [0, 0.05) is 12.5 Å². The van der Waals surface area contributed by atoms with Gasteiger partial charge in [0.2, 0.25) is 11.8 Å². The van der Waals surface area contributed by atoms with Crippen LogP contribution in [0.3, 0.4) is 0 Å². The summed E-state index contributed by atoms with van der Waals surface area (Å²) < 4.78 is 0. The van der Waals surface area contributed by atoms with Gasteiger partial charge in [0.25, 0.3) is 0 Å². The minimum absolute atomic E-state index is 0.00329. The van der Waals surface area contributed by atoms with E-state index >= 15 is 0 Å². The zero-order chi connectivity index (χ0) is 14.6. The van der Waals surface area contributed by atoms with Gasteiger partial charge in [0.05, 0.1) is 0 Å². The molecular formula is C15H24N2O2. The molecule has 0 aliphatic carbocycles. The number of carbonyl (C=O) groups is 2. The molecule has 0 aromatic carbocycles. The van der Waals surface area contributed by atoms with Crippen LogP contribution in [0.1, 0.15) is 47.0 Å². The Labute approximate surface area is 115 Å². The number of carbonyl (C=O) groups excluding carboxylic acids is 2. The van der Waals surface area contributed by atoms with E-state index in [0.717, 1.165) is 6.42 Å². The molecule has 1 saturated heterocycles. The predicted molar refractivity (Wildman–Crippen MR) is 75.2 cm³/mol. The van der Waals surface area contributed by atoms with Crippen molar-refractivity contribution in [1.82, 2.24) is 10.2 Å². The molecule has 1 rings (SSSR count). The second kappa shape index (κ2) is 6.60. The van der Waals surface area contributed by atoms with Crippen molar-refractivity contribution in [3.05, 3.63) is 0 Å². The molecular weight excluding hydrogens is 240 g/mol. The van der Waals surface area contributed by atoms with Crippen molar-refractivity contribution < 1.29 is 9.59 Å². The molecule has 3 unspecified atom stereocenters. The number of amides is 2. The van der Waals surface area contributed by atoms with E-state index < -0.39 is 6.04 Å². The Morgan fingerprint density at radius 2 is 2.00 bits per heavy atom. The zero-order valence-electron chi connectivity index (χ0n) is 12.3. The van der Waals surface area contributed by atoms with E-state index in [1.165, 1.54) is 0 Å². The maximum Gasteiger partial charge on any atom is 0.246 e. The Hall–Kier alpha value is -1.50. The van der Waals surface area contributed by atoms with Crippen molar-refractivity contribution >= 4 is 11.8 Å². The van der Waals surface area contributed by atoms with Gasteiger partial charge in [-0.1, -0.05) is 27.7 Å². The second-order valence-corrected chi connectivity index (χ2v) is 5.37. The van der Waals surface area contributed by atoms with Gasteiger partial charge >= 0.3 is 0 Å². The molecule has 106 valence electrons. The quantitative estimate of drug-likeness (QED) is 0.766. The lowest BCUT2D eigenvalue weighted by molar-refractivity contribution is -0.153. The van der Waals surface area contributed by atoms with Gasteiger partial charge in [-0.2, -0.15) is 0 Å². The molecule has 0 radical (unpaired) electrons. The molecule has 2 amide bonds. The molecule has 0 bridgehead atoms. The highest BCUT2D eigenvalue weighted by Crippen LogP contribution is 2.23. The SMILES string of the molecule is C#CCC(CC)N1C(=O)C(C(C)C)NC(=O)C1CC. The molecule has 1 aliphatic rings. The summed E-state index contributed by atoms with van der Waals surface area (Å²) in [6.07, 6.45) is 7.26. The summed E-state index contributed by atoms with van der Waals surface area (Å²) in [7, 11) is 0. The van der Waals surface area contributed by atoms with Gasteiger partial charge < -0.3 is 10.2 Å². The lowest BCUT2D eigenvalue weighted by atomic mass is 9.94. The number of piperazine rings is 1. The van der Waals surface area contributed by atoms with E-state index in [0.29, 0.717) is 12.8 Å². The number of terminal acetylenes is 1. The first kappa shape index (κ1) is 15.6. The summed E-state index contributed by atoms with van der Waals surface area (Å²) in [6, 6.07) is -0.863. The summed E-state index contributed by atoms with van der Waals surface area (Å²) in [5.41, 5.74) is 0. The highest BCUT2D eigenvalue weighted by atomic mass is 16.2. The van der Waals surface area contributed by atoms with E-state index in [9.17, 15) is 9.59 Å². The second-order valence-electron chi connectivity index (χ2n) is 5.37. The van der Waals surface area contributed by atoms with Gasteiger partial charge in [-0.3, -0.25) is 9.59 Å². The van der Waals surface area contributed by atoms with Crippen molar-refractivity contribution in [3.63, 3.8) is 0 Å². The highest BCUT2D eigenvalue weighted by molar-refractivity contribution is 5.97. The standard InChI is InChI=1S/C15H24N2O2/c1-6-9-11(7-2)17-12(8-3)14(18)16-13(10(4)5)15(17)19/h1,10-13H,7-9H2,2-5H3,(H,16,18). The van der Waals surface area contributed by atoms with E-state index in [2.05, 4.69) is 11.2 Å². The normalized spacial score (nSPS) is 25.2. The van der Waals surface area contributed by atoms with Crippen molar-refractivity contribution in [2.45, 2.75) is 65.1 Å². The lowest BCUT2D eigenvalue weighted by Crippen LogP contribution is -2.66. The van der Waals surface area contributed by atoms with E-state index in [4.69, 9.17) is 6.42 Å². The molecule has 0 saturated carbocycles. The van der Waals surface area contributed by atoms with Gasteiger partial charge in [-0.05, 0) is 18.8 Å². The fraction of sp³-hybridized carbons (Fsp3) is 0.733. The molecule has 0 aromatic rings. The molecule has 1 aliphatic heterocycles. The van der Waals surface area contributed by atoms with Crippen LogP contribution in [0.2, 0.25) is 0 Å². The number of nitrogens with one attached hydrogen (secondary N) is 1. The third-order valence-electron chi connectivity index (χ3n) is 3.73. The lowest BCUT2D eigenvalue weighted by Gasteiger charge is -2.43. The Morgan fingerprint density at radius 3 is 2.42 bits per heavy atom. The average Bonchev–Trinajstić information content (AvgIpc) is 2.37. The first-order valence-corrected chi connectivity index (χ1v) is 7.03. The molecule has 3 atom stereocenters. The third kappa shape index (κ3) is 3.09. The number of hydrogen-bond donors (Lipinski definition) is 1. The van der Waals surface area contributed by atoms with Crippen LogP contribution in [-0.4, -0.2) is 34.8 Å². The molecule has 4 nitrogen and oxygen atoms in total. The number of rotatable bonds is 5. The third-order valence-corrected chi connectivity index (χ3v) is 3.73. The molecule has 1 N–H and O–H groups in total. The van der Waals surface area contributed by atoms with E-state index in [-0.39, 0.29) is 29.8 Å². The van der Waals surface area contributed by atoms with Crippen LogP contribution in [0.5, 0.6) is 0 Å². The molecule has 0 aromatic heterocycles. The zero-order valence-corrected chi connectivity index (χ0v) is 12.3. The van der Waals surface area contributed by atoms with E-state index in [1.54, 1.807) is 4.90 Å². The predicted octanol–water partition coefficient (Wildman–Crippen LogP) is 1.55. The molecule has 0 spiro atoms. The van der Waals surface area contributed by atoms with Crippen LogP contribution >= 0.6 is 0 Å². The summed E-state index contributed by atoms with van der Waals surface area (Å²) in [5, 5.41) is 2.84. The Balaban J connectivity index is 3.08. The summed E-state index contributed by atoms with van der Waals surface area (Å²) in [4.78, 5) is 26.5. The highest BCUT2D eigenvalue weighted by Gasteiger charge is 2.43. The first-order valence-electron chi connectivity index (χ1n) is 7.03. The monoisotopic (exact) mass is 264 g/mol.